The lowest BCUT2D eigenvalue weighted by Crippen LogP contribution is -2.14. The lowest BCUT2D eigenvalue weighted by molar-refractivity contribution is 0.145. The van der Waals surface area contributed by atoms with Crippen LogP contribution in [0.3, 0.4) is 0 Å². The van der Waals surface area contributed by atoms with Gasteiger partial charge in [-0.05, 0) is 23.9 Å². The van der Waals surface area contributed by atoms with E-state index in [0.717, 1.165) is 26.8 Å². The van der Waals surface area contributed by atoms with Crippen molar-refractivity contribution in [1.82, 2.24) is 0 Å². The van der Waals surface area contributed by atoms with Crippen molar-refractivity contribution >= 4 is 22.9 Å². The zero-order valence-electron chi connectivity index (χ0n) is 11.6. The summed E-state index contributed by atoms with van der Waals surface area (Å²) < 4.78 is 10.7. The first-order valence-corrected chi connectivity index (χ1v) is 7.60. The van der Waals surface area contributed by atoms with Gasteiger partial charge < -0.3 is 15.2 Å². The monoisotopic (exact) mass is 311 g/mol. The molecule has 0 aliphatic rings. The fraction of sp³-hybridized carbons (Fsp3) is 0.333. The standard InChI is InChI=1S/C15H18ClNO2S/c1-10-9-20-15(13(10)16)14(17)11-5-3-4-6-12(11)19-8-7-18-2/h3-6,9,14H,7-8,17H2,1-2H3. The zero-order chi connectivity index (χ0) is 14.5. The summed E-state index contributed by atoms with van der Waals surface area (Å²) in [7, 11) is 1.65. The Kier molecular flexibility index (Phi) is 5.43. The van der Waals surface area contributed by atoms with Crippen LogP contribution in [0.15, 0.2) is 29.6 Å². The minimum absolute atomic E-state index is 0.278. The molecule has 0 saturated heterocycles. The number of rotatable bonds is 6. The normalized spacial score (nSPS) is 12.4. The number of ether oxygens (including phenoxy) is 2. The van der Waals surface area contributed by atoms with Crippen LogP contribution in [0.2, 0.25) is 5.02 Å². The van der Waals surface area contributed by atoms with E-state index in [2.05, 4.69) is 0 Å². The van der Waals surface area contributed by atoms with E-state index in [0.29, 0.717) is 13.2 Å². The summed E-state index contributed by atoms with van der Waals surface area (Å²) in [4.78, 5) is 0.965. The van der Waals surface area contributed by atoms with E-state index >= 15 is 0 Å². The summed E-state index contributed by atoms with van der Waals surface area (Å²) in [5.74, 6) is 0.777. The predicted octanol–water partition coefficient (Wildman–Crippen LogP) is 3.78. The van der Waals surface area contributed by atoms with Crippen LogP contribution in [0.25, 0.3) is 0 Å². The molecule has 5 heteroatoms. The maximum atomic E-state index is 6.35. The molecule has 0 saturated carbocycles. The van der Waals surface area contributed by atoms with E-state index in [1.54, 1.807) is 18.4 Å². The van der Waals surface area contributed by atoms with Gasteiger partial charge >= 0.3 is 0 Å². The van der Waals surface area contributed by atoms with Crippen LogP contribution in [-0.4, -0.2) is 20.3 Å². The Morgan fingerprint density at radius 3 is 2.70 bits per heavy atom. The molecule has 108 valence electrons. The lowest BCUT2D eigenvalue weighted by Gasteiger charge is -2.16. The molecule has 0 bridgehead atoms. The van der Waals surface area contributed by atoms with Crippen LogP contribution in [0.5, 0.6) is 5.75 Å². The van der Waals surface area contributed by atoms with Gasteiger partial charge in [0, 0.05) is 17.6 Å². The molecule has 1 heterocycles. The second kappa shape index (κ2) is 7.09. The van der Waals surface area contributed by atoms with E-state index in [9.17, 15) is 0 Å². The van der Waals surface area contributed by atoms with Crippen molar-refractivity contribution in [2.75, 3.05) is 20.3 Å². The van der Waals surface area contributed by atoms with Gasteiger partial charge in [0.1, 0.15) is 12.4 Å². The van der Waals surface area contributed by atoms with Gasteiger partial charge in [0.2, 0.25) is 0 Å². The highest BCUT2D eigenvalue weighted by molar-refractivity contribution is 7.10. The maximum absolute atomic E-state index is 6.35. The highest BCUT2D eigenvalue weighted by Gasteiger charge is 2.19. The predicted molar refractivity (Wildman–Crippen MR) is 83.9 cm³/mol. The second-order valence-electron chi connectivity index (χ2n) is 4.45. The van der Waals surface area contributed by atoms with E-state index in [-0.39, 0.29) is 6.04 Å². The van der Waals surface area contributed by atoms with E-state index in [4.69, 9.17) is 26.8 Å². The van der Waals surface area contributed by atoms with Crippen molar-refractivity contribution in [2.24, 2.45) is 5.73 Å². The third-order valence-electron chi connectivity index (χ3n) is 3.01. The van der Waals surface area contributed by atoms with Gasteiger partial charge in [0.15, 0.2) is 0 Å². The first-order valence-electron chi connectivity index (χ1n) is 6.35. The fourth-order valence-electron chi connectivity index (χ4n) is 1.90. The number of hydrogen-bond donors (Lipinski definition) is 1. The number of halogens is 1. The van der Waals surface area contributed by atoms with Gasteiger partial charge in [-0.15, -0.1) is 11.3 Å². The molecule has 0 fully saturated rings. The van der Waals surface area contributed by atoms with Gasteiger partial charge in [-0.2, -0.15) is 0 Å². The van der Waals surface area contributed by atoms with Gasteiger partial charge in [0.25, 0.3) is 0 Å². The van der Waals surface area contributed by atoms with Crippen LogP contribution in [0, 0.1) is 6.92 Å². The molecular formula is C15H18ClNO2S. The molecule has 1 atom stereocenters. The molecule has 0 spiro atoms. The number of para-hydroxylation sites is 1. The molecule has 1 unspecified atom stereocenters. The molecule has 20 heavy (non-hydrogen) atoms. The van der Waals surface area contributed by atoms with Gasteiger partial charge in [-0.3, -0.25) is 0 Å². The molecule has 2 rings (SSSR count). The SMILES string of the molecule is COCCOc1ccccc1C(N)c1scc(C)c1Cl. The van der Waals surface area contributed by atoms with Crippen LogP contribution in [0.4, 0.5) is 0 Å². The number of thiophene rings is 1. The van der Waals surface area contributed by atoms with Gasteiger partial charge in [0.05, 0.1) is 17.7 Å². The average Bonchev–Trinajstić information content (AvgIpc) is 2.79. The first kappa shape index (κ1) is 15.3. The van der Waals surface area contributed by atoms with E-state index < -0.39 is 0 Å². The smallest absolute Gasteiger partial charge is 0.124 e. The molecule has 2 N–H and O–H groups in total. The van der Waals surface area contributed by atoms with Crippen molar-refractivity contribution in [3.8, 4) is 5.75 Å². The molecular weight excluding hydrogens is 294 g/mol. The summed E-state index contributed by atoms with van der Waals surface area (Å²) in [5.41, 5.74) is 8.34. The minimum Gasteiger partial charge on any atom is -0.491 e. The van der Waals surface area contributed by atoms with Crippen molar-refractivity contribution in [1.29, 1.82) is 0 Å². The van der Waals surface area contributed by atoms with Crippen molar-refractivity contribution in [2.45, 2.75) is 13.0 Å². The molecule has 2 aromatic rings. The molecule has 3 nitrogen and oxygen atoms in total. The average molecular weight is 312 g/mol. The zero-order valence-corrected chi connectivity index (χ0v) is 13.1. The van der Waals surface area contributed by atoms with Crippen LogP contribution in [0.1, 0.15) is 22.0 Å². The van der Waals surface area contributed by atoms with Crippen LogP contribution >= 0.6 is 22.9 Å². The molecule has 0 radical (unpaired) electrons. The Hall–Kier alpha value is -1.07. The maximum Gasteiger partial charge on any atom is 0.124 e. The molecule has 0 aliphatic carbocycles. The quantitative estimate of drug-likeness (QED) is 0.826. The summed E-state index contributed by atoms with van der Waals surface area (Å²) in [6, 6.07) is 7.49. The Morgan fingerprint density at radius 1 is 1.30 bits per heavy atom. The second-order valence-corrected chi connectivity index (χ2v) is 5.74. The van der Waals surface area contributed by atoms with Crippen molar-refractivity contribution in [3.05, 3.63) is 50.7 Å². The van der Waals surface area contributed by atoms with E-state index in [1.807, 2.05) is 36.6 Å². The summed E-state index contributed by atoms with van der Waals surface area (Å²) >= 11 is 7.88. The van der Waals surface area contributed by atoms with E-state index in [1.165, 1.54) is 0 Å². The first-order chi connectivity index (χ1) is 9.65. The largest absolute Gasteiger partial charge is 0.491 e. The Labute approximate surface area is 128 Å². The summed E-state index contributed by atoms with van der Waals surface area (Å²) in [6.45, 7) is 3.02. The Bertz CT molecular complexity index is 571. The van der Waals surface area contributed by atoms with Gasteiger partial charge in [-0.1, -0.05) is 29.8 Å². The molecule has 0 aliphatic heterocycles. The fourth-order valence-corrected chi connectivity index (χ4v) is 3.23. The Morgan fingerprint density at radius 2 is 2.05 bits per heavy atom. The molecule has 1 aromatic carbocycles. The number of hydrogen-bond acceptors (Lipinski definition) is 4. The summed E-state index contributed by atoms with van der Waals surface area (Å²) in [6.07, 6.45) is 0. The molecule has 0 amide bonds. The van der Waals surface area contributed by atoms with Crippen LogP contribution < -0.4 is 10.5 Å². The number of benzene rings is 1. The van der Waals surface area contributed by atoms with Crippen molar-refractivity contribution in [3.63, 3.8) is 0 Å². The third kappa shape index (κ3) is 3.33. The minimum atomic E-state index is -0.278. The topological polar surface area (TPSA) is 44.5 Å². The highest BCUT2D eigenvalue weighted by atomic mass is 35.5. The summed E-state index contributed by atoms with van der Waals surface area (Å²) in [5, 5.41) is 2.76. The van der Waals surface area contributed by atoms with Crippen LogP contribution in [-0.2, 0) is 4.74 Å². The number of aryl methyl sites for hydroxylation is 1. The number of nitrogens with two attached hydrogens (primary N) is 1. The molecule has 1 aromatic heterocycles. The highest BCUT2D eigenvalue weighted by Crippen LogP contribution is 2.37. The van der Waals surface area contributed by atoms with Crippen molar-refractivity contribution < 1.29 is 9.47 Å². The third-order valence-corrected chi connectivity index (χ3v) is 4.80. The lowest BCUT2D eigenvalue weighted by atomic mass is 10.0. The number of methoxy groups -OCH3 is 1. The van der Waals surface area contributed by atoms with Gasteiger partial charge in [-0.25, -0.2) is 0 Å². The Balaban J connectivity index is 2.25.